The van der Waals surface area contributed by atoms with Crippen molar-refractivity contribution in [1.82, 2.24) is 10.6 Å². The Hall–Kier alpha value is -3.35. The topological polar surface area (TPSA) is 105 Å². The molecule has 1 fully saturated rings. The minimum absolute atomic E-state index is 0.0542. The molecule has 0 aromatic heterocycles. The number of hydrogen-bond donors (Lipinski definition) is 3. The standard InChI is InChI=1S/C27H32N2O5/c1-16(2)14-23(24(30)31)28-25(32)27(3,17-12-13-17)29-26(33)34-15-22-20-10-6-4-8-18(20)19-9-5-7-11-21(19)22/h4-11,16-17,22-23H,12-15H2,1-3H3,(H,28,32)(H,29,33)(H,30,31). The largest absolute Gasteiger partial charge is 0.480 e. The smallest absolute Gasteiger partial charge is 0.408 e. The number of carbonyl (C=O) groups excluding carboxylic acids is 2. The van der Waals surface area contributed by atoms with Gasteiger partial charge in [0.2, 0.25) is 5.91 Å². The van der Waals surface area contributed by atoms with Gasteiger partial charge in [-0.05, 0) is 60.3 Å². The van der Waals surface area contributed by atoms with E-state index in [1.807, 2.05) is 50.2 Å². The normalized spacial score (nSPS) is 17.3. The van der Waals surface area contributed by atoms with Gasteiger partial charge >= 0.3 is 12.1 Å². The first-order valence-electron chi connectivity index (χ1n) is 11.9. The van der Waals surface area contributed by atoms with Crippen LogP contribution in [-0.2, 0) is 14.3 Å². The van der Waals surface area contributed by atoms with Crippen LogP contribution in [-0.4, -0.2) is 41.3 Å². The third-order valence-electron chi connectivity index (χ3n) is 6.88. The van der Waals surface area contributed by atoms with E-state index in [4.69, 9.17) is 4.74 Å². The van der Waals surface area contributed by atoms with Crippen molar-refractivity contribution >= 4 is 18.0 Å². The Labute approximate surface area is 199 Å². The average molecular weight is 465 g/mol. The van der Waals surface area contributed by atoms with E-state index in [1.54, 1.807) is 6.92 Å². The quantitative estimate of drug-likeness (QED) is 0.513. The third kappa shape index (κ3) is 4.79. The Morgan fingerprint density at radius 1 is 1.03 bits per heavy atom. The number of carboxylic acid groups (broad SMARTS) is 1. The van der Waals surface area contributed by atoms with Crippen LogP contribution in [0.4, 0.5) is 4.79 Å². The van der Waals surface area contributed by atoms with Crippen LogP contribution >= 0.6 is 0 Å². The maximum absolute atomic E-state index is 13.1. The molecule has 2 unspecified atom stereocenters. The molecule has 0 radical (unpaired) electrons. The molecule has 3 N–H and O–H groups in total. The molecule has 2 aliphatic rings. The maximum atomic E-state index is 13.1. The van der Waals surface area contributed by atoms with Crippen molar-refractivity contribution in [3.63, 3.8) is 0 Å². The summed E-state index contributed by atoms with van der Waals surface area (Å²) >= 11 is 0. The summed E-state index contributed by atoms with van der Waals surface area (Å²) < 4.78 is 5.63. The highest BCUT2D eigenvalue weighted by molar-refractivity contribution is 5.93. The van der Waals surface area contributed by atoms with Gasteiger partial charge in [-0.3, -0.25) is 4.79 Å². The molecule has 180 valence electrons. The number of aliphatic carboxylic acids is 1. The molecule has 2 aromatic rings. The van der Waals surface area contributed by atoms with E-state index in [9.17, 15) is 19.5 Å². The molecule has 0 spiro atoms. The predicted molar refractivity (Wildman–Crippen MR) is 128 cm³/mol. The second kappa shape index (κ2) is 9.49. The lowest BCUT2D eigenvalue weighted by Gasteiger charge is -2.31. The van der Waals surface area contributed by atoms with Crippen LogP contribution in [0.5, 0.6) is 0 Å². The Kier molecular flexibility index (Phi) is 6.64. The first-order chi connectivity index (χ1) is 16.2. The highest BCUT2D eigenvalue weighted by Crippen LogP contribution is 2.44. The van der Waals surface area contributed by atoms with Crippen molar-refractivity contribution < 1.29 is 24.2 Å². The molecule has 2 aromatic carbocycles. The lowest BCUT2D eigenvalue weighted by Crippen LogP contribution is -2.61. The van der Waals surface area contributed by atoms with Crippen LogP contribution in [0, 0.1) is 11.8 Å². The second-order valence-electron chi connectivity index (χ2n) is 9.92. The van der Waals surface area contributed by atoms with Crippen LogP contribution in [0.2, 0.25) is 0 Å². The van der Waals surface area contributed by atoms with E-state index in [-0.39, 0.29) is 24.4 Å². The van der Waals surface area contributed by atoms with Crippen molar-refractivity contribution in [2.24, 2.45) is 11.8 Å². The Balaban J connectivity index is 1.44. The number of alkyl carbamates (subject to hydrolysis) is 1. The number of nitrogens with one attached hydrogen (secondary N) is 2. The van der Waals surface area contributed by atoms with Gasteiger partial charge in [-0.2, -0.15) is 0 Å². The van der Waals surface area contributed by atoms with Crippen molar-refractivity contribution in [3.8, 4) is 11.1 Å². The van der Waals surface area contributed by atoms with E-state index < -0.39 is 29.6 Å². The molecule has 0 saturated heterocycles. The van der Waals surface area contributed by atoms with E-state index >= 15 is 0 Å². The fraction of sp³-hybridized carbons (Fsp3) is 0.444. The van der Waals surface area contributed by atoms with Crippen molar-refractivity contribution in [2.75, 3.05) is 6.61 Å². The fourth-order valence-corrected chi connectivity index (χ4v) is 4.85. The molecular weight excluding hydrogens is 432 g/mol. The Bertz CT molecular complexity index is 1050. The molecule has 2 aliphatic carbocycles. The van der Waals surface area contributed by atoms with Gasteiger partial charge in [0.15, 0.2) is 0 Å². The van der Waals surface area contributed by atoms with Gasteiger partial charge in [-0.15, -0.1) is 0 Å². The molecular formula is C27H32N2O5. The van der Waals surface area contributed by atoms with Crippen molar-refractivity contribution in [2.45, 2.75) is 57.5 Å². The molecule has 0 heterocycles. The van der Waals surface area contributed by atoms with Crippen molar-refractivity contribution in [1.29, 1.82) is 0 Å². The fourth-order valence-electron chi connectivity index (χ4n) is 4.85. The van der Waals surface area contributed by atoms with E-state index in [0.29, 0.717) is 6.42 Å². The average Bonchev–Trinajstić information content (AvgIpc) is 3.61. The van der Waals surface area contributed by atoms with Crippen LogP contribution < -0.4 is 10.6 Å². The maximum Gasteiger partial charge on any atom is 0.408 e. The zero-order valence-electron chi connectivity index (χ0n) is 19.8. The van der Waals surface area contributed by atoms with Gasteiger partial charge in [-0.25, -0.2) is 9.59 Å². The number of hydrogen-bond acceptors (Lipinski definition) is 4. The number of carbonyl (C=O) groups is 3. The van der Waals surface area contributed by atoms with Gasteiger partial charge in [0.05, 0.1) is 0 Å². The SMILES string of the molecule is CC(C)CC(NC(=O)C(C)(NC(=O)OCC1c2ccccc2-c2ccccc21)C1CC1)C(=O)O. The molecule has 4 rings (SSSR count). The lowest BCUT2D eigenvalue weighted by atomic mass is 9.93. The molecule has 1 saturated carbocycles. The number of fused-ring (bicyclic) bond motifs is 3. The molecule has 0 aliphatic heterocycles. The summed E-state index contributed by atoms with van der Waals surface area (Å²) in [4.78, 5) is 37.6. The molecule has 7 nitrogen and oxygen atoms in total. The monoisotopic (exact) mass is 464 g/mol. The number of benzene rings is 2. The van der Waals surface area contributed by atoms with Crippen molar-refractivity contribution in [3.05, 3.63) is 59.7 Å². The number of rotatable bonds is 9. The highest BCUT2D eigenvalue weighted by atomic mass is 16.5. The Morgan fingerprint density at radius 2 is 1.59 bits per heavy atom. The van der Waals surface area contributed by atoms with E-state index in [2.05, 4.69) is 22.8 Å². The summed E-state index contributed by atoms with van der Waals surface area (Å²) in [5, 5.41) is 14.9. The highest BCUT2D eigenvalue weighted by Gasteiger charge is 2.49. The van der Waals surface area contributed by atoms with Crippen LogP contribution in [0.3, 0.4) is 0 Å². The summed E-state index contributed by atoms with van der Waals surface area (Å²) in [5.74, 6) is -1.61. The first kappa shape index (κ1) is 23.8. The summed E-state index contributed by atoms with van der Waals surface area (Å²) in [7, 11) is 0. The summed E-state index contributed by atoms with van der Waals surface area (Å²) in [6.07, 6.45) is 1.21. The van der Waals surface area contributed by atoms with Crippen LogP contribution in [0.1, 0.15) is 57.1 Å². The first-order valence-corrected chi connectivity index (χ1v) is 11.9. The van der Waals surface area contributed by atoms with Gasteiger partial charge < -0.3 is 20.5 Å². The molecule has 0 bridgehead atoms. The molecule has 2 amide bonds. The van der Waals surface area contributed by atoms with E-state index in [1.165, 1.54) is 0 Å². The lowest BCUT2D eigenvalue weighted by molar-refractivity contribution is -0.143. The van der Waals surface area contributed by atoms with Crippen LogP contribution in [0.25, 0.3) is 11.1 Å². The Morgan fingerprint density at radius 3 is 2.09 bits per heavy atom. The van der Waals surface area contributed by atoms with Gasteiger partial charge in [0, 0.05) is 5.92 Å². The predicted octanol–water partition coefficient (Wildman–Crippen LogP) is 4.31. The molecule has 34 heavy (non-hydrogen) atoms. The summed E-state index contributed by atoms with van der Waals surface area (Å²) in [6, 6.07) is 15.2. The number of amides is 2. The minimum atomic E-state index is -1.23. The van der Waals surface area contributed by atoms with Gasteiger partial charge in [0.25, 0.3) is 0 Å². The van der Waals surface area contributed by atoms with Gasteiger partial charge in [-0.1, -0.05) is 62.4 Å². The zero-order valence-corrected chi connectivity index (χ0v) is 19.8. The number of ether oxygens (including phenoxy) is 1. The summed E-state index contributed by atoms with van der Waals surface area (Å²) in [6.45, 7) is 5.59. The molecule has 7 heteroatoms. The second-order valence-corrected chi connectivity index (χ2v) is 9.92. The third-order valence-corrected chi connectivity index (χ3v) is 6.88. The molecule has 2 atom stereocenters. The van der Waals surface area contributed by atoms with Gasteiger partial charge in [0.1, 0.15) is 18.2 Å². The summed E-state index contributed by atoms with van der Waals surface area (Å²) in [5.41, 5.74) is 3.26. The zero-order chi connectivity index (χ0) is 24.5. The minimum Gasteiger partial charge on any atom is -0.480 e. The van der Waals surface area contributed by atoms with E-state index in [0.717, 1.165) is 35.1 Å². The number of carboxylic acids is 1. The van der Waals surface area contributed by atoms with Crippen LogP contribution in [0.15, 0.2) is 48.5 Å².